The molecule has 0 unspecified atom stereocenters. The van der Waals surface area contributed by atoms with Crippen LogP contribution in [0.1, 0.15) is 2.85 Å². The first kappa shape index (κ1) is 17.3. The Morgan fingerprint density at radius 2 is 1.64 bits per heavy atom. The van der Waals surface area contributed by atoms with E-state index in [1.165, 1.54) is 0 Å². The maximum atomic E-state index is 9.81. The van der Waals surface area contributed by atoms with Gasteiger partial charge in [0.1, 0.15) is 0 Å². The molecule has 0 aliphatic heterocycles. The average Bonchev–Trinajstić information content (AvgIpc) is 1.63. The molecule has 0 bridgehead atoms. The van der Waals surface area contributed by atoms with Crippen molar-refractivity contribution in [2.24, 2.45) is 0 Å². The van der Waals surface area contributed by atoms with Gasteiger partial charge in [-0.1, -0.05) is 0 Å². The third-order valence-electron chi connectivity index (χ3n) is 0.387. The molecule has 0 aromatic rings. The molecule has 0 aliphatic rings. The second kappa shape index (κ2) is 8.22. The van der Waals surface area contributed by atoms with Crippen molar-refractivity contribution in [3.63, 3.8) is 0 Å². The Bertz CT molecular complexity index is 145. The van der Waals surface area contributed by atoms with Crippen LogP contribution >= 0.6 is 0 Å². The van der Waals surface area contributed by atoms with Gasteiger partial charge in [-0.05, 0) is 0 Å². The molecule has 0 heterocycles. The number of rotatable bonds is 1. The van der Waals surface area contributed by atoms with Crippen molar-refractivity contribution in [2.45, 2.75) is 0 Å². The molecule has 6 nitrogen and oxygen atoms in total. The quantitative estimate of drug-likeness (QED) is 0.253. The number of carboxylic acid groups (broad SMARTS) is 1. The van der Waals surface area contributed by atoms with E-state index >= 15 is 0 Å². The number of carbonyl (C=O) groups excluding carboxylic acids is 1. The minimum atomic E-state index is -2.37. The van der Waals surface area contributed by atoms with Crippen LogP contribution in [-0.2, 0) is 14.2 Å². The predicted octanol–water partition coefficient (Wildman–Crippen LogP) is -8.18. The standard InChI is InChI=1S/C2H3BO6.2Li.2H/c4-1(5)2(6)9-3(7)8;;;;/h7-8H,(H,4,5);;;;/q;2*+1;2*-1. The summed E-state index contributed by atoms with van der Waals surface area (Å²) in [5.41, 5.74) is 0. The van der Waals surface area contributed by atoms with Crippen LogP contribution in [0.3, 0.4) is 0 Å². The van der Waals surface area contributed by atoms with Crippen LogP contribution in [0.25, 0.3) is 0 Å². The van der Waals surface area contributed by atoms with Crippen molar-refractivity contribution in [3.8, 4) is 0 Å². The zero-order chi connectivity index (χ0) is 7.44. The van der Waals surface area contributed by atoms with Gasteiger partial charge in [0.05, 0.1) is 0 Å². The topological polar surface area (TPSA) is 104 Å². The number of carbonyl (C=O) groups is 2. The van der Waals surface area contributed by atoms with Crippen molar-refractivity contribution in [1.82, 2.24) is 0 Å². The van der Waals surface area contributed by atoms with Gasteiger partial charge in [-0.25, -0.2) is 9.59 Å². The molecule has 0 saturated heterocycles. The van der Waals surface area contributed by atoms with Crippen molar-refractivity contribution in [1.29, 1.82) is 0 Å². The third-order valence-corrected chi connectivity index (χ3v) is 0.387. The molecule has 0 spiro atoms. The van der Waals surface area contributed by atoms with Gasteiger partial charge in [-0.2, -0.15) is 0 Å². The van der Waals surface area contributed by atoms with Gasteiger partial charge in [0.25, 0.3) is 0 Å². The number of carboxylic acids is 1. The van der Waals surface area contributed by atoms with Crippen LogP contribution in [0.4, 0.5) is 0 Å². The number of hydrogen-bond acceptors (Lipinski definition) is 5. The average molecular weight is 150 g/mol. The molecule has 3 N–H and O–H groups in total. The molecular weight excluding hydrogens is 145 g/mol. The SMILES string of the molecule is O=C(O)C(=O)OB(O)O.[H-].[H-].[Li+].[Li+]. The zero-order valence-corrected chi connectivity index (χ0v) is 6.14. The molecule has 0 fully saturated rings. The maximum absolute atomic E-state index is 9.81. The summed E-state index contributed by atoms with van der Waals surface area (Å²) in [4.78, 5) is 19.3. The number of aliphatic carboxylic acids is 1. The Hall–Kier alpha value is 0.120. The van der Waals surface area contributed by atoms with E-state index in [2.05, 4.69) is 4.65 Å². The second-order valence-electron chi connectivity index (χ2n) is 1.04. The fourth-order valence-electron chi connectivity index (χ4n) is 0.146. The van der Waals surface area contributed by atoms with E-state index in [1.807, 2.05) is 0 Å². The van der Waals surface area contributed by atoms with Crippen LogP contribution in [0, 0.1) is 0 Å². The summed E-state index contributed by atoms with van der Waals surface area (Å²) in [7, 11) is -2.37. The van der Waals surface area contributed by atoms with Crippen molar-refractivity contribution in [3.05, 3.63) is 0 Å². The summed E-state index contributed by atoms with van der Waals surface area (Å²) in [6.07, 6.45) is 0. The van der Waals surface area contributed by atoms with Gasteiger partial charge in [0.15, 0.2) is 0 Å². The molecule has 0 radical (unpaired) electrons. The van der Waals surface area contributed by atoms with E-state index < -0.39 is 19.3 Å². The van der Waals surface area contributed by atoms with E-state index in [1.54, 1.807) is 0 Å². The van der Waals surface area contributed by atoms with E-state index in [4.69, 9.17) is 15.2 Å². The van der Waals surface area contributed by atoms with Gasteiger partial charge in [-0.15, -0.1) is 0 Å². The fourth-order valence-corrected chi connectivity index (χ4v) is 0.146. The van der Waals surface area contributed by atoms with Gasteiger partial charge >= 0.3 is 57.0 Å². The van der Waals surface area contributed by atoms with Gasteiger partial charge in [0.2, 0.25) is 0 Å². The van der Waals surface area contributed by atoms with Gasteiger partial charge < -0.3 is 22.7 Å². The molecule has 54 valence electrons. The summed E-state index contributed by atoms with van der Waals surface area (Å²) in [6.45, 7) is 0. The molecule has 11 heavy (non-hydrogen) atoms. The van der Waals surface area contributed by atoms with Crippen LogP contribution in [0.15, 0.2) is 0 Å². The Labute approximate surface area is 89.4 Å². The summed E-state index contributed by atoms with van der Waals surface area (Å²) in [6, 6.07) is 0. The van der Waals surface area contributed by atoms with Crippen LogP contribution in [0.5, 0.6) is 0 Å². The molecule has 0 aromatic carbocycles. The summed E-state index contributed by atoms with van der Waals surface area (Å²) in [5.74, 6) is -3.58. The molecule has 0 saturated carbocycles. The van der Waals surface area contributed by atoms with Gasteiger partial charge in [0, 0.05) is 0 Å². The third kappa shape index (κ3) is 10.1. The Balaban J connectivity index is -0.0000000533. The largest absolute Gasteiger partial charge is 1.00 e. The minimum absolute atomic E-state index is 0. The fraction of sp³-hybridized carbons (Fsp3) is 0. The summed E-state index contributed by atoms with van der Waals surface area (Å²) in [5, 5.41) is 23.4. The summed E-state index contributed by atoms with van der Waals surface area (Å²) < 4.78 is 3.38. The normalized spacial score (nSPS) is 6.73. The van der Waals surface area contributed by atoms with E-state index in [-0.39, 0.29) is 40.6 Å². The van der Waals surface area contributed by atoms with Crippen LogP contribution in [0.2, 0.25) is 0 Å². The van der Waals surface area contributed by atoms with E-state index in [0.29, 0.717) is 0 Å². The first-order valence-electron chi connectivity index (χ1n) is 1.84. The number of hydrogen-bond donors (Lipinski definition) is 3. The van der Waals surface area contributed by atoms with Crippen LogP contribution < -0.4 is 37.7 Å². The Morgan fingerprint density at radius 3 is 1.73 bits per heavy atom. The monoisotopic (exact) mass is 150 g/mol. The zero-order valence-electron chi connectivity index (χ0n) is 8.14. The Kier molecular flexibility index (Phi) is 12.9. The molecule has 0 atom stereocenters. The van der Waals surface area contributed by atoms with Crippen LogP contribution in [-0.4, -0.2) is 34.4 Å². The van der Waals surface area contributed by atoms with E-state index in [9.17, 15) is 9.59 Å². The molecule has 0 amide bonds. The first-order chi connectivity index (χ1) is 4.04. The molecular formula is C2H5BLi2O6. The summed E-state index contributed by atoms with van der Waals surface area (Å²) >= 11 is 0. The molecule has 0 aromatic heterocycles. The first-order valence-corrected chi connectivity index (χ1v) is 1.84. The second-order valence-corrected chi connectivity index (χ2v) is 1.04. The molecule has 9 heteroatoms. The van der Waals surface area contributed by atoms with Crippen molar-refractivity contribution >= 4 is 19.3 Å². The smallest absolute Gasteiger partial charge is 1.00 e. The van der Waals surface area contributed by atoms with Crippen molar-refractivity contribution < 1.29 is 70.0 Å². The van der Waals surface area contributed by atoms with E-state index in [0.717, 1.165) is 0 Å². The molecule has 0 aliphatic carbocycles. The maximum Gasteiger partial charge on any atom is 1.00 e. The molecule has 0 rings (SSSR count). The predicted molar refractivity (Wildman–Crippen MR) is 26.1 cm³/mol. The Morgan fingerprint density at radius 1 is 1.27 bits per heavy atom. The minimum Gasteiger partial charge on any atom is -1.00 e. The van der Waals surface area contributed by atoms with Gasteiger partial charge in [-0.3, -0.25) is 0 Å². The van der Waals surface area contributed by atoms with Crippen molar-refractivity contribution in [2.75, 3.05) is 0 Å².